The highest BCUT2D eigenvalue weighted by atomic mass is 35.5. The summed E-state index contributed by atoms with van der Waals surface area (Å²) in [5, 5.41) is 3.76. The van der Waals surface area contributed by atoms with Crippen molar-refractivity contribution in [1.82, 2.24) is 5.32 Å². The summed E-state index contributed by atoms with van der Waals surface area (Å²) in [6.07, 6.45) is 2.35. The lowest BCUT2D eigenvalue weighted by Gasteiger charge is -2.22. The summed E-state index contributed by atoms with van der Waals surface area (Å²) in [6, 6.07) is 4.96. The van der Waals surface area contributed by atoms with Gasteiger partial charge in [-0.15, -0.1) is 0 Å². The van der Waals surface area contributed by atoms with Crippen molar-refractivity contribution in [3.05, 3.63) is 28.2 Å². The molecule has 0 spiro atoms. The van der Waals surface area contributed by atoms with Crippen molar-refractivity contribution in [3.63, 3.8) is 0 Å². The predicted molar refractivity (Wildman–Crippen MR) is 87.0 cm³/mol. The van der Waals surface area contributed by atoms with Crippen molar-refractivity contribution in [3.8, 4) is 0 Å². The van der Waals surface area contributed by atoms with E-state index in [0.717, 1.165) is 12.8 Å². The first-order valence-electron chi connectivity index (χ1n) is 6.95. The first-order valence-corrected chi connectivity index (χ1v) is 7.71. The molecular formula is C15H20Cl2N2O2. The number of nitrogens with one attached hydrogen (secondary N) is 1. The second-order valence-electron chi connectivity index (χ2n) is 4.72. The number of nitrogens with zero attached hydrogens (tertiary/aromatic N) is 1. The Bertz CT molecular complexity index is 506. The van der Waals surface area contributed by atoms with E-state index in [9.17, 15) is 9.59 Å². The molecule has 4 nitrogen and oxygen atoms in total. The average molecular weight is 331 g/mol. The highest BCUT2D eigenvalue weighted by molar-refractivity contribution is 6.35. The number of rotatable bonds is 7. The highest BCUT2D eigenvalue weighted by Crippen LogP contribution is 2.28. The van der Waals surface area contributed by atoms with Crippen molar-refractivity contribution in [2.24, 2.45) is 0 Å². The van der Waals surface area contributed by atoms with E-state index in [2.05, 4.69) is 5.32 Å². The molecule has 0 saturated heterocycles. The van der Waals surface area contributed by atoms with E-state index < -0.39 is 0 Å². The molecule has 0 saturated carbocycles. The van der Waals surface area contributed by atoms with Crippen LogP contribution in [0, 0.1) is 0 Å². The summed E-state index contributed by atoms with van der Waals surface area (Å²) >= 11 is 12.0. The molecule has 0 aliphatic carbocycles. The van der Waals surface area contributed by atoms with E-state index in [4.69, 9.17) is 23.2 Å². The Labute approximate surface area is 135 Å². The van der Waals surface area contributed by atoms with Gasteiger partial charge in [0.2, 0.25) is 11.8 Å². The van der Waals surface area contributed by atoms with Gasteiger partial charge in [0.05, 0.1) is 10.7 Å². The van der Waals surface area contributed by atoms with Gasteiger partial charge in [0.15, 0.2) is 0 Å². The molecule has 0 aliphatic rings. The summed E-state index contributed by atoms with van der Waals surface area (Å²) < 4.78 is 0. The monoisotopic (exact) mass is 330 g/mol. The normalized spacial score (nSPS) is 10.3. The molecule has 0 aromatic heterocycles. The van der Waals surface area contributed by atoms with Crippen molar-refractivity contribution < 1.29 is 9.59 Å². The second-order valence-corrected chi connectivity index (χ2v) is 5.56. The van der Waals surface area contributed by atoms with Crippen LogP contribution in [0.2, 0.25) is 10.0 Å². The number of halogens is 2. The molecule has 0 bridgehead atoms. The summed E-state index contributed by atoms with van der Waals surface area (Å²) in [7, 11) is 0. The number of carbonyl (C=O) groups excluding carboxylic acids is 2. The average Bonchev–Trinajstić information content (AvgIpc) is 2.44. The van der Waals surface area contributed by atoms with Crippen molar-refractivity contribution >= 4 is 40.7 Å². The summed E-state index contributed by atoms with van der Waals surface area (Å²) in [5.74, 6) is -0.153. The van der Waals surface area contributed by atoms with E-state index in [-0.39, 0.29) is 11.8 Å². The van der Waals surface area contributed by atoms with Crippen LogP contribution in [0.3, 0.4) is 0 Å². The molecular weight excluding hydrogens is 311 g/mol. The van der Waals surface area contributed by atoms with Crippen LogP contribution < -0.4 is 10.2 Å². The molecule has 0 atom stereocenters. The minimum Gasteiger partial charge on any atom is -0.354 e. The predicted octanol–water partition coefficient (Wildman–Crippen LogP) is 3.65. The van der Waals surface area contributed by atoms with Gasteiger partial charge in [-0.25, -0.2) is 0 Å². The first kappa shape index (κ1) is 17.8. The Balaban J connectivity index is 2.65. The number of amides is 2. The molecule has 2 amide bonds. The number of hydrogen-bond acceptors (Lipinski definition) is 2. The standard InChI is InChI=1S/C15H20Cl2N2O2/c1-3-4-5-15(21)18-8-9-19(11(2)20)14-10-12(16)6-7-13(14)17/h6-7,10H,3-5,8-9H2,1-2H3,(H,18,21). The summed E-state index contributed by atoms with van der Waals surface area (Å²) in [5.41, 5.74) is 0.555. The van der Waals surface area contributed by atoms with Gasteiger partial charge in [-0.05, 0) is 24.6 Å². The van der Waals surface area contributed by atoms with E-state index in [1.54, 1.807) is 18.2 Å². The third-order valence-electron chi connectivity index (χ3n) is 2.99. The molecule has 0 radical (unpaired) electrons. The first-order chi connectivity index (χ1) is 9.95. The van der Waals surface area contributed by atoms with Crippen LogP contribution in [-0.4, -0.2) is 24.9 Å². The lowest BCUT2D eigenvalue weighted by molar-refractivity contribution is -0.121. The Hall–Kier alpha value is -1.26. The minimum absolute atomic E-state index is 0.00227. The van der Waals surface area contributed by atoms with Crippen molar-refractivity contribution in [1.29, 1.82) is 0 Å². The minimum atomic E-state index is -0.151. The Kier molecular flexibility index (Phi) is 7.54. The molecule has 1 N–H and O–H groups in total. The van der Waals surface area contributed by atoms with Crippen LogP contribution >= 0.6 is 23.2 Å². The fraction of sp³-hybridized carbons (Fsp3) is 0.467. The van der Waals surface area contributed by atoms with E-state index in [1.807, 2.05) is 6.92 Å². The van der Waals surface area contributed by atoms with Gasteiger partial charge < -0.3 is 10.2 Å². The zero-order valence-corrected chi connectivity index (χ0v) is 13.8. The molecule has 1 rings (SSSR count). The quantitative estimate of drug-likeness (QED) is 0.829. The molecule has 0 aliphatic heterocycles. The molecule has 0 unspecified atom stereocenters. The fourth-order valence-electron chi connectivity index (χ4n) is 1.87. The third-order valence-corrected chi connectivity index (χ3v) is 3.55. The van der Waals surface area contributed by atoms with Gasteiger partial charge >= 0.3 is 0 Å². The maximum absolute atomic E-state index is 11.8. The topological polar surface area (TPSA) is 49.4 Å². The molecule has 116 valence electrons. The van der Waals surface area contributed by atoms with Gasteiger partial charge in [0.1, 0.15) is 0 Å². The van der Waals surface area contributed by atoms with Crippen LogP contribution in [0.1, 0.15) is 33.1 Å². The lowest BCUT2D eigenvalue weighted by atomic mass is 10.2. The maximum Gasteiger partial charge on any atom is 0.223 e. The Morgan fingerprint density at radius 2 is 2.00 bits per heavy atom. The zero-order valence-electron chi connectivity index (χ0n) is 12.3. The van der Waals surface area contributed by atoms with Crippen LogP contribution in [0.15, 0.2) is 18.2 Å². The van der Waals surface area contributed by atoms with Crippen LogP contribution in [0.5, 0.6) is 0 Å². The smallest absolute Gasteiger partial charge is 0.223 e. The van der Waals surface area contributed by atoms with Gasteiger partial charge in [0, 0.05) is 31.5 Å². The van der Waals surface area contributed by atoms with Gasteiger partial charge in [-0.3, -0.25) is 9.59 Å². The molecule has 0 heterocycles. The molecule has 1 aromatic carbocycles. The Morgan fingerprint density at radius 3 is 2.62 bits per heavy atom. The zero-order chi connectivity index (χ0) is 15.8. The van der Waals surface area contributed by atoms with Crippen molar-refractivity contribution in [2.45, 2.75) is 33.1 Å². The van der Waals surface area contributed by atoms with Gasteiger partial charge in [-0.2, -0.15) is 0 Å². The number of benzene rings is 1. The number of carbonyl (C=O) groups is 2. The molecule has 1 aromatic rings. The van der Waals surface area contributed by atoms with Crippen LogP contribution in [0.25, 0.3) is 0 Å². The number of anilines is 1. The van der Waals surface area contributed by atoms with E-state index in [1.165, 1.54) is 11.8 Å². The van der Waals surface area contributed by atoms with Crippen LogP contribution in [-0.2, 0) is 9.59 Å². The van der Waals surface area contributed by atoms with Crippen molar-refractivity contribution in [2.75, 3.05) is 18.0 Å². The largest absolute Gasteiger partial charge is 0.354 e. The van der Waals surface area contributed by atoms with Gasteiger partial charge in [0.25, 0.3) is 0 Å². The highest BCUT2D eigenvalue weighted by Gasteiger charge is 2.15. The second kappa shape index (κ2) is 8.90. The number of unbranched alkanes of at least 4 members (excludes halogenated alkanes) is 1. The fourth-order valence-corrected chi connectivity index (χ4v) is 2.26. The van der Waals surface area contributed by atoms with Crippen LogP contribution in [0.4, 0.5) is 5.69 Å². The molecule has 6 heteroatoms. The van der Waals surface area contributed by atoms with E-state index >= 15 is 0 Å². The lowest BCUT2D eigenvalue weighted by Crippen LogP contribution is -2.37. The molecule has 21 heavy (non-hydrogen) atoms. The third kappa shape index (κ3) is 5.94. The summed E-state index contributed by atoms with van der Waals surface area (Å²) in [4.78, 5) is 24.8. The maximum atomic E-state index is 11.8. The number of hydrogen-bond donors (Lipinski definition) is 1. The molecule has 0 fully saturated rings. The Morgan fingerprint density at radius 1 is 1.29 bits per heavy atom. The van der Waals surface area contributed by atoms with Gasteiger partial charge in [-0.1, -0.05) is 36.5 Å². The van der Waals surface area contributed by atoms with E-state index in [0.29, 0.717) is 35.2 Å². The summed E-state index contributed by atoms with van der Waals surface area (Å²) in [6.45, 7) is 4.22. The SMILES string of the molecule is CCCCC(=O)NCCN(C(C)=O)c1cc(Cl)ccc1Cl.